The summed E-state index contributed by atoms with van der Waals surface area (Å²) in [7, 11) is 3.37. The van der Waals surface area contributed by atoms with Gasteiger partial charge in [0, 0.05) is 6.42 Å². The van der Waals surface area contributed by atoms with Crippen LogP contribution in [0, 0.1) is 5.92 Å². The molecule has 0 bridgehead atoms. The van der Waals surface area contributed by atoms with Crippen molar-refractivity contribution in [2.45, 2.75) is 31.3 Å². The molecule has 0 amide bonds. The second kappa shape index (κ2) is 10.2. The van der Waals surface area contributed by atoms with E-state index in [0.717, 1.165) is 11.1 Å². The number of carbonyl (C=O) groups excluding carboxylic acids is 3. The molecule has 0 unspecified atom stereocenters. The lowest BCUT2D eigenvalue weighted by atomic mass is 9.65. The molecule has 38 heavy (non-hydrogen) atoms. The lowest BCUT2D eigenvalue weighted by molar-refractivity contribution is -0.142. The van der Waals surface area contributed by atoms with E-state index in [1.807, 2.05) is 48.5 Å². The molecule has 1 heterocycles. The van der Waals surface area contributed by atoms with Gasteiger partial charge in [0.25, 0.3) is 5.88 Å². The second-order valence-corrected chi connectivity index (χ2v) is 9.34. The number of Topliss-reactive ketones (excluding diaryl/α,β-unsaturated/α-hetero) is 2. The third-order valence-electron chi connectivity index (χ3n) is 6.69. The molecule has 2 aromatic carbocycles. The largest absolute Gasteiger partial charge is 0.513 e. The minimum Gasteiger partial charge on any atom is -0.470 e. The molecule has 3 atom stereocenters. The molecule has 2 aliphatic carbocycles. The molecule has 2 aliphatic rings. The van der Waals surface area contributed by atoms with Crippen molar-refractivity contribution >= 4 is 17.7 Å². The molecule has 1 N–H and O–H groups in total. The Morgan fingerprint density at radius 3 is 2.32 bits per heavy atom. The van der Waals surface area contributed by atoms with Gasteiger partial charge in [0.2, 0.25) is 5.78 Å². The topological polar surface area (TPSA) is 128 Å². The van der Waals surface area contributed by atoms with Crippen molar-refractivity contribution in [2.75, 3.05) is 14.1 Å². The number of fused-ring (bicyclic) bond motifs is 2. The van der Waals surface area contributed by atoms with Crippen LogP contribution in [0.25, 0.3) is 0 Å². The minimum absolute atomic E-state index is 0.0365. The van der Waals surface area contributed by atoms with Crippen LogP contribution in [0.15, 0.2) is 77.0 Å². The maximum Gasteiger partial charge on any atom is 0.513 e. The molecule has 5 rings (SSSR count). The number of hydrogen-bond acceptors (Lipinski definition) is 10. The van der Waals surface area contributed by atoms with Crippen LogP contribution in [-0.4, -0.2) is 52.6 Å². The van der Waals surface area contributed by atoms with E-state index in [4.69, 9.17) is 18.7 Å². The molecule has 10 nitrogen and oxygen atoms in total. The van der Waals surface area contributed by atoms with E-state index in [1.165, 1.54) is 6.08 Å². The van der Waals surface area contributed by atoms with Gasteiger partial charge in [-0.25, -0.2) is 4.79 Å². The van der Waals surface area contributed by atoms with Crippen LogP contribution in [0.5, 0.6) is 5.88 Å². The van der Waals surface area contributed by atoms with Crippen LogP contribution in [0.1, 0.15) is 39.7 Å². The van der Waals surface area contributed by atoms with E-state index >= 15 is 0 Å². The number of carbonyl (C=O) groups is 3. The summed E-state index contributed by atoms with van der Waals surface area (Å²) in [5.74, 6) is -3.02. The van der Waals surface area contributed by atoms with Gasteiger partial charge in [-0.15, -0.1) is 0 Å². The Hall–Kier alpha value is -4.28. The molecular formula is C28H26N2O8. The highest BCUT2D eigenvalue weighted by Crippen LogP contribution is 2.51. The highest BCUT2D eigenvalue weighted by molar-refractivity contribution is 6.21. The Bertz CT molecular complexity index is 1380. The minimum atomic E-state index is -2.53. The Morgan fingerprint density at radius 2 is 1.68 bits per heavy atom. The molecule has 196 valence electrons. The van der Waals surface area contributed by atoms with Crippen LogP contribution in [0.3, 0.4) is 0 Å². The van der Waals surface area contributed by atoms with Crippen molar-refractivity contribution in [2.24, 2.45) is 5.92 Å². The van der Waals surface area contributed by atoms with Gasteiger partial charge in [-0.2, -0.15) is 0 Å². The van der Waals surface area contributed by atoms with Crippen molar-refractivity contribution in [3.05, 3.63) is 94.9 Å². The van der Waals surface area contributed by atoms with Gasteiger partial charge in [0.15, 0.2) is 17.1 Å². The average Bonchev–Trinajstić information content (AvgIpc) is 3.34. The number of ether oxygens (including phenoxy) is 3. The first-order valence-corrected chi connectivity index (χ1v) is 12.0. The van der Waals surface area contributed by atoms with E-state index in [2.05, 4.69) is 5.16 Å². The smallest absolute Gasteiger partial charge is 0.470 e. The number of benzene rings is 2. The summed E-state index contributed by atoms with van der Waals surface area (Å²) in [4.78, 5) is 41.0. The van der Waals surface area contributed by atoms with E-state index < -0.39 is 35.3 Å². The standard InChI is InChI=1S/C28H26N2O8/c1-30(2)23-22-19(37-27(33)36-16-18-11-7-4-8-12-18)13-14-20(31)28(22,34)25(32)21-24(23)38-29-26(21)35-15-17-9-5-3-6-10-17/h3-13,22-23,34H,14-16H2,1-2H3/t22-,23-,28+/m0/s1. The van der Waals surface area contributed by atoms with E-state index in [9.17, 15) is 19.5 Å². The third kappa shape index (κ3) is 4.48. The monoisotopic (exact) mass is 518 g/mol. The zero-order valence-electron chi connectivity index (χ0n) is 20.8. The fourth-order valence-corrected chi connectivity index (χ4v) is 4.85. The summed E-state index contributed by atoms with van der Waals surface area (Å²) in [5.41, 5.74) is -1.06. The lowest BCUT2D eigenvalue weighted by Gasteiger charge is -2.44. The van der Waals surface area contributed by atoms with Crippen molar-refractivity contribution in [1.29, 1.82) is 0 Å². The summed E-state index contributed by atoms with van der Waals surface area (Å²) < 4.78 is 22.0. The molecule has 10 heteroatoms. The van der Waals surface area contributed by atoms with Gasteiger partial charge in [-0.3, -0.25) is 14.5 Å². The maximum atomic E-state index is 13.7. The van der Waals surface area contributed by atoms with Crippen LogP contribution >= 0.6 is 0 Å². The molecule has 0 saturated carbocycles. The third-order valence-corrected chi connectivity index (χ3v) is 6.69. The van der Waals surface area contributed by atoms with E-state index in [-0.39, 0.29) is 42.6 Å². The summed E-state index contributed by atoms with van der Waals surface area (Å²) >= 11 is 0. The van der Waals surface area contributed by atoms with Crippen LogP contribution < -0.4 is 4.74 Å². The molecule has 0 aliphatic heterocycles. The quantitative estimate of drug-likeness (QED) is 0.366. The Labute approximate surface area is 218 Å². The predicted molar refractivity (Wildman–Crippen MR) is 132 cm³/mol. The first-order valence-electron chi connectivity index (χ1n) is 12.0. The fourth-order valence-electron chi connectivity index (χ4n) is 4.85. The summed E-state index contributed by atoms with van der Waals surface area (Å²) in [5, 5.41) is 15.6. The van der Waals surface area contributed by atoms with Crippen molar-refractivity contribution < 1.29 is 38.2 Å². The lowest BCUT2D eigenvalue weighted by Crippen LogP contribution is -2.61. The number of nitrogens with zero attached hydrogens (tertiary/aromatic N) is 2. The summed E-state index contributed by atoms with van der Waals surface area (Å²) in [6, 6.07) is 17.4. The van der Waals surface area contributed by atoms with Crippen LogP contribution in [0.4, 0.5) is 4.79 Å². The highest BCUT2D eigenvalue weighted by Gasteiger charge is 2.64. The number of rotatable bonds is 7. The molecular weight excluding hydrogens is 492 g/mol. The van der Waals surface area contributed by atoms with Crippen molar-refractivity contribution in [1.82, 2.24) is 10.1 Å². The Balaban J connectivity index is 1.44. The highest BCUT2D eigenvalue weighted by atomic mass is 16.7. The molecule has 0 radical (unpaired) electrons. The van der Waals surface area contributed by atoms with Gasteiger partial charge < -0.3 is 23.8 Å². The summed E-state index contributed by atoms with van der Waals surface area (Å²) in [6.07, 6.45) is 0.0292. The van der Waals surface area contributed by atoms with Crippen molar-refractivity contribution in [3.8, 4) is 5.88 Å². The number of aromatic nitrogens is 1. The number of allylic oxidation sites excluding steroid dienone is 1. The average molecular weight is 519 g/mol. The van der Waals surface area contributed by atoms with Gasteiger partial charge >= 0.3 is 6.16 Å². The van der Waals surface area contributed by atoms with Crippen LogP contribution in [-0.2, 0) is 27.5 Å². The van der Waals surface area contributed by atoms with Gasteiger partial charge in [-0.05, 0) is 36.5 Å². The SMILES string of the molecule is CN(C)[C@@H]1c2onc(OCc3ccccc3)c2C(=O)[C@@]2(O)C(=O)CC=C(OC(=O)OCc3ccccc3)[C@@H]12. The molecule has 0 saturated heterocycles. The van der Waals surface area contributed by atoms with Crippen LogP contribution in [0.2, 0.25) is 0 Å². The number of hydrogen-bond donors (Lipinski definition) is 1. The molecule has 0 spiro atoms. The number of aliphatic hydroxyl groups is 1. The molecule has 1 aromatic heterocycles. The summed E-state index contributed by atoms with van der Waals surface area (Å²) in [6.45, 7) is 0.0578. The Kier molecular flexibility index (Phi) is 6.83. The van der Waals surface area contributed by atoms with Gasteiger partial charge in [-0.1, -0.05) is 60.7 Å². The molecule has 0 fully saturated rings. The van der Waals surface area contributed by atoms with Gasteiger partial charge in [0.1, 0.15) is 24.5 Å². The molecule has 3 aromatic rings. The predicted octanol–water partition coefficient (Wildman–Crippen LogP) is 3.61. The number of ketones is 2. The first-order chi connectivity index (χ1) is 18.3. The Morgan fingerprint density at radius 1 is 1.05 bits per heavy atom. The van der Waals surface area contributed by atoms with E-state index in [0.29, 0.717) is 0 Å². The first kappa shape index (κ1) is 25.4. The van der Waals surface area contributed by atoms with Crippen molar-refractivity contribution in [3.63, 3.8) is 0 Å². The van der Waals surface area contributed by atoms with Gasteiger partial charge in [0.05, 0.1) is 12.0 Å². The van der Waals surface area contributed by atoms with E-state index in [1.54, 1.807) is 31.1 Å². The maximum absolute atomic E-state index is 13.7. The second-order valence-electron chi connectivity index (χ2n) is 9.34. The normalized spacial score (nSPS) is 22.4. The zero-order valence-corrected chi connectivity index (χ0v) is 20.8. The fraction of sp³-hybridized carbons (Fsp3) is 0.286. The zero-order chi connectivity index (χ0) is 26.9.